The first-order valence-electron chi connectivity index (χ1n) is 14.9. The molecular formula is C36H42N2O5. The van der Waals surface area contributed by atoms with Crippen LogP contribution in [0.15, 0.2) is 101 Å². The molecule has 0 saturated carbocycles. The maximum absolute atomic E-state index is 12.8. The van der Waals surface area contributed by atoms with E-state index in [9.17, 15) is 14.4 Å². The summed E-state index contributed by atoms with van der Waals surface area (Å²) in [6.45, 7) is 6.81. The van der Waals surface area contributed by atoms with Crippen LogP contribution in [0.2, 0.25) is 0 Å². The summed E-state index contributed by atoms with van der Waals surface area (Å²) in [6.07, 6.45) is 4.80. The first-order valence-corrected chi connectivity index (χ1v) is 14.9. The third-order valence-corrected chi connectivity index (χ3v) is 8.27. The number of nitrogens with one attached hydrogen (secondary N) is 1. The zero-order valence-electron chi connectivity index (χ0n) is 25.5. The first kappa shape index (κ1) is 31.7. The van der Waals surface area contributed by atoms with Crippen molar-refractivity contribution < 1.29 is 14.3 Å². The minimum Gasteiger partial charge on any atom is -0.497 e. The third-order valence-electron chi connectivity index (χ3n) is 8.27. The molecule has 3 atom stereocenters. The average Bonchev–Trinajstić information content (AvgIpc) is 3.01. The van der Waals surface area contributed by atoms with E-state index in [1.807, 2.05) is 30.3 Å². The molecule has 0 radical (unpaired) electrons. The largest absolute Gasteiger partial charge is 0.497 e. The van der Waals surface area contributed by atoms with Gasteiger partial charge < -0.3 is 14.3 Å². The third kappa shape index (κ3) is 7.59. The van der Waals surface area contributed by atoms with E-state index in [2.05, 4.69) is 74.3 Å². The molecule has 0 fully saturated rings. The Bertz CT molecular complexity index is 1560. The van der Waals surface area contributed by atoms with Gasteiger partial charge in [0.25, 0.3) is 5.56 Å². The Balaban J connectivity index is 1.77. The molecule has 43 heavy (non-hydrogen) atoms. The Morgan fingerprint density at radius 3 is 2.09 bits per heavy atom. The number of benzene rings is 3. The summed E-state index contributed by atoms with van der Waals surface area (Å²) >= 11 is 0. The quantitative estimate of drug-likeness (QED) is 0.0991. The number of hydrogen-bond donors (Lipinski definition) is 1. The number of unbranched alkanes of at least 4 members (excludes halogenated alkanes) is 1. The Labute approximate surface area is 253 Å². The van der Waals surface area contributed by atoms with Crippen molar-refractivity contribution in [3.8, 4) is 5.75 Å². The summed E-state index contributed by atoms with van der Waals surface area (Å²) in [5.41, 5.74) is 2.37. The number of aryl methyl sites for hydroxylation is 1. The van der Waals surface area contributed by atoms with Gasteiger partial charge in [-0.05, 0) is 66.8 Å². The van der Waals surface area contributed by atoms with Crippen LogP contribution in [-0.4, -0.2) is 29.6 Å². The van der Waals surface area contributed by atoms with E-state index in [4.69, 9.17) is 9.47 Å². The molecule has 0 spiro atoms. The van der Waals surface area contributed by atoms with E-state index in [1.54, 1.807) is 17.9 Å². The van der Waals surface area contributed by atoms with Crippen molar-refractivity contribution in [3.05, 3.63) is 134 Å². The van der Waals surface area contributed by atoms with Crippen LogP contribution >= 0.6 is 0 Å². The normalized spacial score (nSPS) is 14.2. The van der Waals surface area contributed by atoms with Gasteiger partial charge in [0.2, 0.25) is 0 Å². The molecule has 7 nitrogen and oxygen atoms in total. The van der Waals surface area contributed by atoms with Crippen LogP contribution in [-0.2, 0) is 15.1 Å². The van der Waals surface area contributed by atoms with E-state index >= 15 is 0 Å². The summed E-state index contributed by atoms with van der Waals surface area (Å²) in [5.74, 6) is 1.06. The molecule has 0 aliphatic carbocycles. The zero-order chi connectivity index (χ0) is 30.8. The highest BCUT2D eigenvalue weighted by Crippen LogP contribution is 2.42. The van der Waals surface area contributed by atoms with Gasteiger partial charge in [-0.15, -0.1) is 0 Å². The number of ether oxygens (including phenoxy) is 2. The van der Waals surface area contributed by atoms with Gasteiger partial charge in [-0.3, -0.25) is 14.3 Å². The number of methoxy groups -OCH3 is 1. The molecule has 7 heteroatoms. The minimum atomic E-state index is -0.907. The molecule has 0 amide bonds. The predicted octanol–water partition coefficient (Wildman–Crippen LogP) is 6.43. The molecule has 0 saturated heterocycles. The molecule has 0 aliphatic heterocycles. The number of carbonyl (C=O) groups excluding carboxylic acids is 1. The Hall–Kier alpha value is -4.23. The van der Waals surface area contributed by atoms with Crippen LogP contribution in [0.1, 0.15) is 67.8 Å². The van der Waals surface area contributed by atoms with Crippen molar-refractivity contribution in [3.63, 3.8) is 0 Å². The number of nitrogens with zero attached hydrogens (tertiary/aromatic N) is 1. The SMILES string of the molecule is COc1ccc(C(OCC(C[C@H](CCCC=O)n2ccc(=O)[nH]c2=O)C(C)C)(c2ccccc2)c2ccc(C)cc2)cc1. The molecular weight excluding hydrogens is 540 g/mol. The second-order valence-corrected chi connectivity index (χ2v) is 11.5. The second-order valence-electron chi connectivity index (χ2n) is 11.5. The molecule has 1 aromatic heterocycles. The van der Waals surface area contributed by atoms with Gasteiger partial charge in [0, 0.05) is 24.7 Å². The summed E-state index contributed by atoms with van der Waals surface area (Å²) in [4.78, 5) is 38.1. The lowest BCUT2D eigenvalue weighted by atomic mass is 9.79. The smallest absolute Gasteiger partial charge is 0.328 e. The van der Waals surface area contributed by atoms with E-state index < -0.39 is 16.9 Å². The van der Waals surface area contributed by atoms with E-state index in [1.165, 1.54) is 6.07 Å². The van der Waals surface area contributed by atoms with Crippen molar-refractivity contribution in [2.75, 3.05) is 13.7 Å². The van der Waals surface area contributed by atoms with Crippen LogP contribution in [0.25, 0.3) is 0 Å². The number of aromatic amines is 1. The van der Waals surface area contributed by atoms with Crippen molar-refractivity contribution in [2.45, 2.75) is 58.1 Å². The van der Waals surface area contributed by atoms with Crippen molar-refractivity contribution >= 4 is 6.29 Å². The van der Waals surface area contributed by atoms with Gasteiger partial charge in [-0.2, -0.15) is 0 Å². The molecule has 0 bridgehead atoms. The van der Waals surface area contributed by atoms with Crippen LogP contribution < -0.4 is 16.0 Å². The number of carbonyl (C=O) groups is 1. The number of H-pyrrole nitrogens is 1. The fourth-order valence-electron chi connectivity index (χ4n) is 5.67. The zero-order valence-corrected chi connectivity index (χ0v) is 25.5. The van der Waals surface area contributed by atoms with Gasteiger partial charge in [-0.25, -0.2) is 4.79 Å². The lowest BCUT2D eigenvalue weighted by molar-refractivity contribution is -0.108. The van der Waals surface area contributed by atoms with E-state index in [-0.39, 0.29) is 17.9 Å². The standard InChI is InChI=1S/C36H42N2O5/c1-26(2)28(24-32(12-8-9-23-39)38-22-21-34(40)37-35(38)41)25-43-36(29-10-6-5-7-11-29,30-15-13-27(3)14-16-30)31-17-19-33(42-4)20-18-31/h5-7,10-11,13-23,26,28,32H,8-9,12,24-25H2,1-4H3,(H,37,40,41)/t28?,32-,36?/m0/s1. The Morgan fingerprint density at radius 2 is 1.51 bits per heavy atom. The topological polar surface area (TPSA) is 90.4 Å². The van der Waals surface area contributed by atoms with E-state index in [0.29, 0.717) is 32.3 Å². The number of aromatic nitrogens is 2. The molecule has 4 aromatic rings. The molecule has 0 aliphatic rings. The van der Waals surface area contributed by atoms with Crippen LogP contribution in [0.4, 0.5) is 0 Å². The second kappa shape index (κ2) is 14.8. The van der Waals surface area contributed by atoms with Crippen LogP contribution in [0, 0.1) is 18.8 Å². The van der Waals surface area contributed by atoms with Gasteiger partial charge in [0.05, 0.1) is 13.7 Å². The molecule has 2 unspecified atom stereocenters. The molecule has 4 rings (SSSR count). The maximum Gasteiger partial charge on any atom is 0.328 e. The molecule has 3 aromatic carbocycles. The summed E-state index contributed by atoms with van der Waals surface area (Å²) in [5, 5.41) is 0. The average molecular weight is 583 g/mol. The summed E-state index contributed by atoms with van der Waals surface area (Å²) < 4.78 is 14.3. The highest BCUT2D eigenvalue weighted by molar-refractivity contribution is 5.49. The first-order chi connectivity index (χ1) is 20.8. The minimum absolute atomic E-state index is 0.0619. The maximum atomic E-state index is 12.8. The van der Waals surface area contributed by atoms with Gasteiger partial charge in [0.1, 0.15) is 17.6 Å². The lowest BCUT2D eigenvalue weighted by Gasteiger charge is -2.38. The number of hydrogen-bond acceptors (Lipinski definition) is 5. The van der Waals surface area contributed by atoms with E-state index in [0.717, 1.165) is 34.3 Å². The summed E-state index contributed by atoms with van der Waals surface area (Å²) in [7, 11) is 1.66. The predicted molar refractivity (Wildman–Crippen MR) is 170 cm³/mol. The number of rotatable bonds is 15. The van der Waals surface area contributed by atoms with Crippen LogP contribution in [0.5, 0.6) is 5.75 Å². The van der Waals surface area contributed by atoms with Crippen molar-refractivity contribution in [2.24, 2.45) is 11.8 Å². The van der Waals surface area contributed by atoms with Gasteiger partial charge in [-0.1, -0.05) is 86.1 Å². The van der Waals surface area contributed by atoms with Crippen molar-refractivity contribution in [1.29, 1.82) is 0 Å². The van der Waals surface area contributed by atoms with Gasteiger partial charge >= 0.3 is 5.69 Å². The summed E-state index contributed by atoms with van der Waals surface area (Å²) in [6, 6.07) is 27.9. The molecule has 226 valence electrons. The van der Waals surface area contributed by atoms with Gasteiger partial charge in [0.15, 0.2) is 0 Å². The Morgan fingerprint density at radius 1 is 0.884 bits per heavy atom. The highest BCUT2D eigenvalue weighted by atomic mass is 16.5. The molecule has 1 heterocycles. The Kier molecular flexibility index (Phi) is 10.9. The monoisotopic (exact) mass is 582 g/mol. The highest BCUT2D eigenvalue weighted by Gasteiger charge is 2.39. The fraction of sp³-hybridized carbons (Fsp3) is 0.361. The number of aldehydes is 1. The van der Waals surface area contributed by atoms with Crippen molar-refractivity contribution in [1.82, 2.24) is 9.55 Å². The van der Waals surface area contributed by atoms with Crippen LogP contribution in [0.3, 0.4) is 0 Å². The fourth-order valence-corrected chi connectivity index (χ4v) is 5.67. The molecule has 1 N–H and O–H groups in total. The lowest BCUT2D eigenvalue weighted by Crippen LogP contribution is -2.37.